The quantitative estimate of drug-likeness (QED) is 0.211. The van der Waals surface area contributed by atoms with Gasteiger partial charge in [-0.15, -0.1) is 5.34 Å². The van der Waals surface area contributed by atoms with Gasteiger partial charge in [0.2, 0.25) is 0 Å². The van der Waals surface area contributed by atoms with Gasteiger partial charge in [-0.3, -0.25) is 0 Å². The largest absolute Gasteiger partial charge is 0.444 e. The van der Waals surface area contributed by atoms with E-state index in [-0.39, 0.29) is 17.1 Å². The van der Waals surface area contributed by atoms with Crippen molar-refractivity contribution in [1.29, 1.82) is 0 Å². The number of hydrogen-bond acceptors (Lipinski definition) is 5. The first-order valence-corrected chi connectivity index (χ1v) is 8.21. The maximum absolute atomic E-state index is 8.00. The van der Waals surface area contributed by atoms with Crippen molar-refractivity contribution in [2.75, 3.05) is 0 Å². The Bertz CT molecular complexity index is 1140. The molecule has 3 aromatic heterocycles. The second-order valence-electron chi connectivity index (χ2n) is 5.98. The van der Waals surface area contributed by atoms with Crippen LogP contribution in [0.15, 0.2) is 53.9 Å². The molecule has 5 heterocycles. The van der Waals surface area contributed by atoms with Crippen molar-refractivity contribution in [3.63, 3.8) is 0 Å². The molecule has 28 heavy (non-hydrogen) atoms. The third-order valence-electron chi connectivity index (χ3n) is 4.04. The fourth-order valence-corrected chi connectivity index (χ4v) is 2.94. The van der Waals surface area contributed by atoms with Crippen molar-refractivity contribution in [2.24, 2.45) is 5.34 Å². The van der Waals surface area contributed by atoms with E-state index in [2.05, 4.69) is 50.3 Å². The molecule has 2 aliphatic rings. The van der Waals surface area contributed by atoms with E-state index in [1.807, 2.05) is 42.5 Å². The van der Waals surface area contributed by atoms with Gasteiger partial charge >= 0.3 is 0 Å². The van der Waals surface area contributed by atoms with Gasteiger partial charge in [-0.2, -0.15) is 0 Å². The zero-order valence-corrected chi connectivity index (χ0v) is 15.3. The Balaban J connectivity index is 0.000000531. The van der Waals surface area contributed by atoms with Crippen LogP contribution in [0.3, 0.4) is 0 Å². The second kappa shape index (κ2) is 8.47. The maximum Gasteiger partial charge on any atom is 0.0659 e. The van der Waals surface area contributed by atoms with Crippen molar-refractivity contribution < 1.29 is 17.1 Å². The van der Waals surface area contributed by atoms with Gasteiger partial charge < -0.3 is 20.1 Å². The van der Waals surface area contributed by atoms with Crippen molar-refractivity contribution in [2.45, 2.75) is 0 Å². The van der Waals surface area contributed by atoms with Gasteiger partial charge in [0.05, 0.1) is 22.8 Å². The first-order chi connectivity index (χ1) is 13.2. The molecule has 0 aliphatic carbocycles. The topological polar surface area (TPSA) is 110 Å². The number of aromatic nitrogens is 4. The Kier molecular flexibility index (Phi) is 5.84. The molecule has 3 aromatic rings. The van der Waals surface area contributed by atoms with E-state index in [4.69, 9.17) is 10.1 Å². The molecular weight excluding hydrogens is 406 g/mol. The van der Waals surface area contributed by atoms with Gasteiger partial charge in [0.1, 0.15) is 0 Å². The molecule has 8 heteroatoms. The van der Waals surface area contributed by atoms with Crippen LogP contribution in [0, 0.1) is 10.1 Å². The number of rotatable bonds is 0. The smallest absolute Gasteiger partial charge is 0.0659 e. The first-order valence-electron chi connectivity index (χ1n) is 8.21. The normalized spacial score (nSPS) is 11.3. The van der Waals surface area contributed by atoms with Crippen LogP contribution in [0.2, 0.25) is 0 Å². The number of hydrogen-bond donors (Lipinski definition) is 2. The predicted octanol–water partition coefficient (Wildman–Crippen LogP) is 4.90. The van der Waals surface area contributed by atoms with Crippen LogP contribution >= 0.6 is 0 Å². The Morgan fingerprint density at radius 2 is 0.964 bits per heavy atom. The van der Waals surface area contributed by atoms with Crippen molar-refractivity contribution in [3.8, 4) is 0 Å². The van der Waals surface area contributed by atoms with Crippen LogP contribution in [0.1, 0.15) is 22.8 Å². The molecule has 2 aliphatic heterocycles. The van der Waals surface area contributed by atoms with Gasteiger partial charge in [0, 0.05) is 39.1 Å². The van der Waals surface area contributed by atoms with E-state index in [0.29, 0.717) is 0 Å². The molecule has 7 nitrogen and oxygen atoms in total. The molecule has 0 saturated carbocycles. The van der Waals surface area contributed by atoms with E-state index in [1.54, 1.807) is 0 Å². The van der Waals surface area contributed by atoms with Gasteiger partial charge in [0.25, 0.3) is 0 Å². The number of nitrogens with one attached hydrogen (secondary N) is 2. The SMILES string of the molecule is C1=Cc2cc3ccc(cc4ccc(cc5nc(cc1n2)C=C5)[nH]4)[nH]3.O=N[O-].[Cu]. The van der Waals surface area contributed by atoms with Crippen LogP contribution in [-0.2, 0) is 17.1 Å². The minimum absolute atomic E-state index is 0. The van der Waals surface area contributed by atoms with Gasteiger partial charge in [-0.25, -0.2) is 9.97 Å². The molecule has 0 saturated heterocycles. The molecule has 2 N–H and O–H groups in total. The molecule has 1 radical (unpaired) electrons. The molecule has 143 valence electrons. The van der Waals surface area contributed by atoms with Crippen LogP contribution in [0.4, 0.5) is 0 Å². The van der Waals surface area contributed by atoms with E-state index in [9.17, 15) is 0 Å². The molecule has 0 spiro atoms. The van der Waals surface area contributed by atoms with E-state index < -0.39 is 0 Å². The molecule has 0 fully saturated rings. The maximum atomic E-state index is 8.00. The van der Waals surface area contributed by atoms with Gasteiger partial charge in [-0.05, 0) is 72.8 Å². The van der Waals surface area contributed by atoms with E-state index in [0.717, 1.165) is 50.2 Å². The summed E-state index contributed by atoms with van der Waals surface area (Å²) in [6, 6.07) is 16.4. The monoisotopic (exact) mass is 419 g/mol. The molecular formula is C20H14CuN5O2-. The number of nitrogens with zero attached hydrogens (tertiary/aromatic N) is 3. The van der Waals surface area contributed by atoms with Crippen molar-refractivity contribution >= 4 is 46.4 Å². The Labute approximate surface area is 170 Å². The fraction of sp³-hybridized carbons (Fsp3) is 0. The first kappa shape index (κ1) is 19.3. The predicted molar refractivity (Wildman–Crippen MR) is 108 cm³/mol. The van der Waals surface area contributed by atoms with E-state index >= 15 is 0 Å². The minimum Gasteiger partial charge on any atom is -0.444 e. The summed E-state index contributed by atoms with van der Waals surface area (Å²) >= 11 is 0. The summed E-state index contributed by atoms with van der Waals surface area (Å²) < 4.78 is 0. The summed E-state index contributed by atoms with van der Waals surface area (Å²) in [5.41, 5.74) is 7.86. The summed E-state index contributed by atoms with van der Waals surface area (Å²) in [4.78, 5) is 24.0. The number of fused-ring (bicyclic) bond motifs is 8. The molecule has 0 aromatic carbocycles. The van der Waals surface area contributed by atoms with Gasteiger partial charge in [0.15, 0.2) is 0 Å². The number of aromatic amines is 2. The summed E-state index contributed by atoms with van der Waals surface area (Å²) in [5.74, 6) is 0. The standard InChI is InChI=1S/C20H14N4.Cu.HNO2/c1-2-14-10-16-5-6-18(23-16)12-20-8-7-19(24-20)11-17-4-3-15(22-17)9-13(1)21-14;;2-1-3/h1-12,21-22H;;(H,2,3)/p-1. The molecule has 0 unspecified atom stereocenters. The third kappa shape index (κ3) is 4.43. The molecule has 0 atom stereocenters. The Morgan fingerprint density at radius 1 is 0.643 bits per heavy atom. The average Bonchev–Trinajstić information content (AvgIpc) is 3.41. The minimum atomic E-state index is 0. The Hall–Kier alpha value is -3.48. The molecule has 0 amide bonds. The van der Waals surface area contributed by atoms with Crippen molar-refractivity contribution in [1.82, 2.24) is 19.9 Å². The van der Waals surface area contributed by atoms with Crippen LogP contribution in [-0.4, -0.2) is 19.9 Å². The Morgan fingerprint density at radius 3 is 1.36 bits per heavy atom. The molecule has 5 rings (SSSR count). The average molecular weight is 420 g/mol. The summed E-state index contributed by atoms with van der Waals surface area (Å²) in [5, 5.41) is 9.00. The van der Waals surface area contributed by atoms with Gasteiger partial charge in [-0.1, -0.05) is 0 Å². The van der Waals surface area contributed by atoms with Crippen LogP contribution < -0.4 is 0 Å². The zero-order chi connectivity index (χ0) is 18.6. The summed E-state index contributed by atoms with van der Waals surface area (Å²) in [6.45, 7) is 0. The summed E-state index contributed by atoms with van der Waals surface area (Å²) in [7, 11) is 0. The van der Waals surface area contributed by atoms with E-state index in [1.165, 1.54) is 0 Å². The summed E-state index contributed by atoms with van der Waals surface area (Å²) in [6.07, 6.45) is 8.05. The number of H-pyrrole nitrogens is 2. The van der Waals surface area contributed by atoms with Crippen molar-refractivity contribution in [3.05, 3.63) is 81.4 Å². The second-order valence-corrected chi connectivity index (χ2v) is 5.98. The van der Waals surface area contributed by atoms with Crippen LogP contribution in [0.5, 0.6) is 0 Å². The van der Waals surface area contributed by atoms with Crippen LogP contribution in [0.25, 0.3) is 46.4 Å². The third-order valence-corrected chi connectivity index (χ3v) is 4.04. The fourth-order valence-electron chi connectivity index (χ4n) is 2.94. The molecule has 8 bridgehead atoms. The zero-order valence-electron chi connectivity index (χ0n) is 14.4.